The summed E-state index contributed by atoms with van der Waals surface area (Å²) in [6.07, 6.45) is 5.35. The van der Waals surface area contributed by atoms with Crippen LogP contribution in [0.3, 0.4) is 0 Å². The van der Waals surface area contributed by atoms with Crippen molar-refractivity contribution in [1.29, 1.82) is 0 Å². The standard InChI is InChI=1S/C11H19N3O2/c1-3-11(12,10(15)16)5-4-6-14-8-9(2)7-13-14/h7-8H,3-6,12H2,1-2H3,(H,15,16). The summed E-state index contributed by atoms with van der Waals surface area (Å²) in [5.74, 6) is -0.924. The number of rotatable bonds is 6. The van der Waals surface area contributed by atoms with E-state index in [4.69, 9.17) is 10.8 Å². The van der Waals surface area contributed by atoms with Crippen molar-refractivity contribution >= 4 is 5.97 Å². The Labute approximate surface area is 95.3 Å². The Hall–Kier alpha value is -1.36. The number of nitrogens with two attached hydrogens (primary N) is 1. The highest BCUT2D eigenvalue weighted by atomic mass is 16.4. The molecule has 3 N–H and O–H groups in total. The molecule has 16 heavy (non-hydrogen) atoms. The quantitative estimate of drug-likeness (QED) is 0.761. The van der Waals surface area contributed by atoms with E-state index in [2.05, 4.69) is 5.10 Å². The van der Waals surface area contributed by atoms with Gasteiger partial charge in [-0.05, 0) is 31.7 Å². The molecule has 1 aromatic rings. The van der Waals surface area contributed by atoms with Gasteiger partial charge in [0.15, 0.2) is 0 Å². The first kappa shape index (κ1) is 12.7. The van der Waals surface area contributed by atoms with Crippen LogP contribution in [0.4, 0.5) is 0 Å². The molecule has 90 valence electrons. The first-order valence-electron chi connectivity index (χ1n) is 5.49. The number of carboxylic acids is 1. The van der Waals surface area contributed by atoms with Gasteiger partial charge in [0.25, 0.3) is 0 Å². The molecule has 1 unspecified atom stereocenters. The van der Waals surface area contributed by atoms with Crippen molar-refractivity contribution in [2.45, 2.75) is 45.2 Å². The maximum Gasteiger partial charge on any atom is 0.323 e. The zero-order chi connectivity index (χ0) is 12.2. The second-order valence-corrected chi connectivity index (χ2v) is 4.20. The van der Waals surface area contributed by atoms with Gasteiger partial charge < -0.3 is 10.8 Å². The van der Waals surface area contributed by atoms with Crippen LogP contribution in [0.5, 0.6) is 0 Å². The molecular weight excluding hydrogens is 206 g/mol. The lowest BCUT2D eigenvalue weighted by Crippen LogP contribution is -2.47. The number of aromatic nitrogens is 2. The zero-order valence-electron chi connectivity index (χ0n) is 9.81. The molecule has 0 aliphatic heterocycles. The molecule has 1 aromatic heterocycles. The van der Waals surface area contributed by atoms with Crippen LogP contribution in [-0.4, -0.2) is 26.4 Å². The highest BCUT2D eigenvalue weighted by molar-refractivity contribution is 5.78. The average molecular weight is 225 g/mol. The van der Waals surface area contributed by atoms with Crippen LogP contribution in [0.1, 0.15) is 31.7 Å². The van der Waals surface area contributed by atoms with Crippen molar-refractivity contribution in [2.24, 2.45) is 5.73 Å². The second kappa shape index (κ2) is 5.12. The predicted octanol–water partition coefficient (Wildman–Crippen LogP) is 1.16. The lowest BCUT2D eigenvalue weighted by atomic mass is 9.92. The summed E-state index contributed by atoms with van der Waals surface area (Å²) in [6, 6.07) is 0. The lowest BCUT2D eigenvalue weighted by Gasteiger charge is -2.22. The van der Waals surface area contributed by atoms with Gasteiger partial charge in [0.05, 0.1) is 6.20 Å². The van der Waals surface area contributed by atoms with Crippen LogP contribution >= 0.6 is 0 Å². The molecule has 0 amide bonds. The fourth-order valence-electron chi connectivity index (χ4n) is 1.58. The van der Waals surface area contributed by atoms with Crippen molar-refractivity contribution in [2.75, 3.05) is 0 Å². The number of hydrogen-bond donors (Lipinski definition) is 2. The minimum Gasteiger partial charge on any atom is -0.480 e. The van der Waals surface area contributed by atoms with E-state index in [1.807, 2.05) is 17.8 Å². The third-order valence-corrected chi connectivity index (χ3v) is 2.83. The molecule has 0 radical (unpaired) electrons. The Balaban J connectivity index is 2.43. The van der Waals surface area contributed by atoms with Crippen LogP contribution in [0.2, 0.25) is 0 Å². The van der Waals surface area contributed by atoms with E-state index in [-0.39, 0.29) is 0 Å². The number of carboxylic acid groups (broad SMARTS) is 1. The second-order valence-electron chi connectivity index (χ2n) is 4.20. The predicted molar refractivity (Wildman–Crippen MR) is 61.0 cm³/mol. The van der Waals surface area contributed by atoms with Gasteiger partial charge >= 0.3 is 5.97 Å². The maximum absolute atomic E-state index is 11.0. The number of aliphatic carboxylic acids is 1. The summed E-state index contributed by atoms with van der Waals surface area (Å²) in [5.41, 5.74) is 5.79. The van der Waals surface area contributed by atoms with Gasteiger partial charge in [-0.3, -0.25) is 9.48 Å². The smallest absolute Gasteiger partial charge is 0.323 e. The summed E-state index contributed by atoms with van der Waals surface area (Å²) >= 11 is 0. The van der Waals surface area contributed by atoms with Crippen LogP contribution in [0.25, 0.3) is 0 Å². The molecule has 0 bridgehead atoms. The molecule has 0 spiro atoms. The highest BCUT2D eigenvalue weighted by Gasteiger charge is 2.30. The molecule has 1 rings (SSSR count). The summed E-state index contributed by atoms with van der Waals surface area (Å²) in [6.45, 7) is 4.48. The van der Waals surface area contributed by atoms with E-state index in [0.29, 0.717) is 19.4 Å². The number of carbonyl (C=O) groups is 1. The highest BCUT2D eigenvalue weighted by Crippen LogP contribution is 2.15. The van der Waals surface area contributed by atoms with Crippen molar-refractivity contribution < 1.29 is 9.90 Å². The number of aryl methyl sites for hydroxylation is 2. The number of hydrogen-bond acceptors (Lipinski definition) is 3. The molecule has 5 nitrogen and oxygen atoms in total. The van der Waals surface area contributed by atoms with Crippen LogP contribution in [0.15, 0.2) is 12.4 Å². The van der Waals surface area contributed by atoms with Gasteiger partial charge in [-0.2, -0.15) is 5.10 Å². The van der Waals surface area contributed by atoms with Gasteiger partial charge in [-0.25, -0.2) is 0 Å². The molecular formula is C11H19N3O2. The fourth-order valence-corrected chi connectivity index (χ4v) is 1.58. The van der Waals surface area contributed by atoms with E-state index in [0.717, 1.165) is 12.0 Å². The zero-order valence-corrected chi connectivity index (χ0v) is 9.81. The van der Waals surface area contributed by atoms with Crippen LogP contribution < -0.4 is 5.73 Å². The Morgan fingerprint density at radius 2 is 2.38 bits per heavy atom. The first-order chi connectivity index (χ1) is 7.48. The van der Waals surface area contributed by atoms with Gasteiger partial charge in [0.1, 0.15) is 5.54 Å². The normalized spacial score (nSPS) is 14.7. The minimum absolute atomic E-state index is 0.445. The Bertz CT molecular complexity index is 362. The monoisotopic (exact) mass is 225 g/mol. The van der Waals surface area contributed by atoms with Gasteiger partial charge in [0, 0.05) is 12.7 Å². The van der Waals surface area contributed by atoms with E-state index < -0.39 is 11.5 Å². The Kier molecular flexibility index (Phi) is 4.06. The molecule has 1 heterocycles. The van der Waals surface area contributed by atoms with Crippen molar-refractivity contribution in [3.05, 3.63) is 18.0 Å². The van der Waals surface area contributed by atoms with Gasteiger partial charge in [0.2, 0.25) is 0 Å². The Morgan fingerprint density at radius 3 is 2.81 bits per heavy atom. The van der Waals surface area contributed by atoms with Gasteiger partial charge in [-0.15, -0.1) is 0 Å². The van der Waals surface area contributed by atoms with Crippen LogP contribution in [-0.2, 0) is 11.3 Å². The summed E-state index contributed by atoms with van der Waals surface area (Å²) < 4.78 is 1.81. The molecule has 0 saturated carbocycles. The van der Waals surface area contributed by atoms with Crippen molar-refractivity contribution in [1.82, 2.24) is 9.78 Å². The molecule has 0 saturated heterocycles. The molecule has 0 fully saturated rings. The topological polar surface area (TPSA) is 81.1 Å². The van der Waals surface area contributed by atoms with E-state index in [1.165, 1.54) is 0 Å². The SMILES string of the molecule is CCC(N)(CCCn1cc(C)cn1)C(=O)O. The largest absolute Gasteiger partial charge is 0.480 e. The molecule has 0 aliphatic rings. The minimum atomic E-state index is -1.10. The molecule has 0 aliphatic carbocycles. The van der Waals surface area contributed by atoms with Crippen molar-refractivity contribution in [3.63, 3.8) is 0 Å². The summed E-state index contributed by atoms with van der Waals surface area (Å²) in [4.78, 5) is 11.0. The third-order valence-electron chi connectivity index (χ3n) is 2.83. The summed E-state index contributed by atoms with van der Waals surface area (Å²) in [7, 11) is 0. The molecule has 0 aromatic carbocycles. The number of nitrogens with zero attached hydrogens (tertiary/aromatic N) is 2. The third kappa shape index (κ3) is 3.06. The molecule has 1 atom stereocenters. The van der Waals surface area contributed by atoms with E-state index in [1.54, 1.807) is 13.1 Å². The first-order valence-corrected chi connectivity index (χ1v) is 5.49. The fraction of sp³-hybridized carbons (Fsp3) is 0.636. The van der Waals surface area contributed by atoms with Crippen molar-refractivity contribution in [3.8, 4) is 0 Å². The maximum atomic E-state index is 11.0. The van der Waals surface area contributed by atoms with E-state index in [9.17, 15) is 4.79 Å². The van der Waals surface area contributed by atoms with Gasteiger partial charge in [-0.1, -0.05) is 6.92 Å². The van der Waals surface area contributed by atoms with Crippen LogP contribution in [0, 0.1) is 6.92 Å². The lowest BCUT2D eigenvalue weighted by molar-refractivity contribution is -0.143. The summed E-state index contributed by atoms with van der Waals surface area (Å²) in [5, 5.41) is 13.1. The Morgan fingerprint density at radius 1 is 1.69 bits per heavy atom. The van der Waals surface area contributed by atoms with E-state index >= 15 is 0 Å². The average Bonchev–Trinajstić information content (AvgIpc) is 2.63. The molecule has 5 heteroatoms.